The minimum atomic E-state index is 0.775. The van der Waals surface area contributed by atoms with E-state index in [0.29, 0.717) is 0 Å². The molecule has 0 unspecified atom stereocenters. The van der Waals surface area contributed by atoms with E-state index in [1.54, 1.807) is 22.7 Å². The normalized spacial score (nSPS) is 10.7. The van der Waals surface area contributed by atoms with Gasteiger partial charge in [0, 0.05) is 16.0 Å². The number of anilines is 1. The van der Waals surface area contributed by atoms with Crippen LogP contribution in [0, 0.1) is 13.8 Å². The summed E-state index contributed by atoms with van der Waals surface area (Å²) in [5.41, 5.74) is 1.11. The summed E-state index contributed by atoms with van der Waals surface area (Å²) in [6.45, 7) is 7.06. The lowest BCUT2D eigenvalue weighted by molar-refractivity contribution is 1.08. The van der Waals surface area contributed by atoms with Crippen molar-refractivity contribution in [1.82, 2.24) is 9.97 Å². The van der Waals surface area contributed by atoms with Crippen molar-refractivity contribution in [2.75, 3.05) is 5.32 Å². The topological polar surface area (TPSA) is 37.8 Å². The second-order valence-electron chi connectivity index (χ2n) is 3.59. The molecule has 2 aromatic heterocycles. The van der Waals surface area contributed by atoms with Crippen LogP contribution in [0.5, 0.6) is 0 Å². The zero-order valence-electron chi connectivity index (χ0n) is 9.70. The predicted octanol–water partition coefficient (Wildman–Crippen LogP) is 3.39. The molecule has 16 heavy (non-hydrogen) atoms. The number of hydrogen-bond acceptors (Lipinski definition) is 5. The molecule has 0 aliphatic rings. The summed E-state index contributed by atoms with van der Waals surface area (Å²) in [7, 11) is 0. The van der Waals surface area contributed by atoms with Gasteiger partial charge in [0.15, 0.2) is 5.13 Å². The van der Waals surface area contributed by atoms with E-state index in [-0.39, 0.29) is 0 Å². The molecule has 1 N–H and O–H groups in total. The number of aromatic nitrogens is 2. The third kappa shape index (κ3) is 2.59. The first-order valence-electron chi connectivity index (χ1n) is 5.30. The second-order valence-corrected chi connectivity index (χ2v) is 5.99. The van der Waals surface area contributed by atoms with Gasteiger partial charge in [0.1, 0.15) is 5.01 Å². The molecule has 2 heterocycles. The molecule has 2 aromatic rings. The van der Waals surface area contributed by atoms with Crippen molar-refractivity contribution < 1.29 is 0 Å². The Bertz CT molecular complexity index is 454. The Kier molecular flexibility index (Phi) is 3.56. The van der Waals surface area contributed by atoms with Gasteiger partial charge < -0.3 is 5.32 Å². The summed E-state index contributed by atoms with van der Waals surface area (Å²) in [5, 5.41) is 5.43. The van der Waals surface area contributed by atoms with Gasteiger partial charge in [0.05, 0.1) is 12.2 Å². The van der Waals surface area contributed by atoms with E-state index in [1.807, 2.05) is 13.1 Å². The number of nitrogens with one attached hydrogen (secondary N) is 1. The average Bonchev–Trinajstić information content (AvgIpc) is 2.84. The highest BCUT2D eigenvalue weighted by Crippen LogP contribution is 2.22. The van der Waals surface area contributed by atoms with Gasteiger partial charge in [-0.25, -0.2) is 9.97 Å². The summed E-state index contributed by atoms with van der Waals surface area (Å²) < 4.78 is 0. The Morgan fingerprint density at radius 2 is 2.12 bits per heavy atom. The zero-order valence-corrected chi connectivity index (χ0v) is 11.3. The number of hydrogen-bond donors (Lipinski definition) is 1. The van der Waals surface area contributed by atoms with Crippen molar-refractivity contribution in [1.29, 1.82) is 0 Å². The van der Waals surface area contributed by atoms with E-state index in [0.717, 1.165) is 28.8 Å². The van der Waals surface area contributed by atoms with Crippen LogP contribution >= 0.6 is 22.7 Å². The summed E-state index contributed by atoms with van der Waals surface area (Å²) >= 11 is 3.47. The molecule has 86 valence electrons. The van der Waals surface area contributed by atoms with E-state index in [9.17, 15) is 0 Å². The molecule has 0 saturated heterocycles. The fraction of sp³-hybridized carbons (Fsp3) is 0.455. The van der Waals surface area contributed by atoms with Gasteiger partial charge in [-0.05, 0) is 20.3 Å². The molecule has 0 aliphatic heterocycles. The van der Waals surface area contributed by atoms with Gasteiger partial charge >= 0.3 is 0 Å². The predicted molar refractivity (Wildman–Crippen MR) is 70.4 cm³/mol. The summed E-state index contributed by atoms with van der Waals surface area (Å²) in [6, 6.07) is 0. The molecular formula is C11H15N3S2. The van der Waals surface area contributed by atoms with Gasteiger partial charge in [0.25, 0.3) is 0 Å². The highest BCUT2D eigenvalue weighted by Gasteiger charge is 2.04. The van der Waals surface area contributed by atoms with Gasteiger partial charge in [-0.1, -0.05) is 6.92 Å². The molecule has 0 fully saturated rings. The Labute approximate surface area is 104 Å². The first-order chi connectivity index (χ1) is 7.69. The van der Waals surface area contributed by atoms with E-state index in [2.05, 4.69) is 29.1 Å². The van der Waals surface area contributed by atoms with Crippen LogP contribution in [0.4, 0.5) is 5.13 Å². The van der Waals surface area contributed by atoms with E-state index < -0.39 is 0 Å². The zero-order chi connectivity index (χ0) is 11.5. The third-order valence-corrected chi connectivity index (χ3v) is 4.54. The average molecular weight is 253 g/mol. The van der Waals surface area contributed by atoms with Crippen molar-refractivity contribution in [3.05, 3.63) is 26.7 Å². The molecule has 0 saturated carbocycles. The molecule has 0 spiro atoms. The molecule has 0 aliphatic carbocycles. The molecule has 0 amide bonds. The fourth-order valence-electron chi connectivity index (χ4n) is 1.29. The molecule has 0 bridgehead atoms. The SMILES string of the molecule is CCc1cnc(CNc2nc(C)c(C)s2)s1. The first-order valence-corrected chi connectivity index (χ1v) is 6.93. The standard InChI is InChI=1S/C11H15N3S2/c1-4-9-5-12-10(16-9)6-13-11-14-7(2)8(3)15-11/h5H,4,6H2,1-3H3,(H,13,14). The monoisotopic (exact) mass is 253 g/mol. The first kappa shape index (κ1) is 11.5. The molecule has 0 radical (unpaired) electrons. The largest absolute Gasteiger partial charge is 0.355 e. The van der Waals surface area contributed by atoms with Crippen molar-refractivity contribution in [3.8, 4) is 0 Å². The maximum absolute atomic E-state index is 4.44. The Morgan fingerprint density at radius 1 is 1.31 bits per heavy atom. The maximum Gasteiger partial charge on any atom is 0.183 e. The molecule has 0 aromatic carbocycles. The van der Waals surface area contributed by atoms with E-state index in [4.69, 9.17) is 0 Å². The highest BCUT2D eigenvalue weighted by atomic mass is 32.1. The van der Waals surface area contributed by atoms with Crippen molar-refractivity contribution in [2.45, 2.75) is 33.7 Å². The van der Waals surface area contributed by atoms with Crippen LogP contribution in [0.2, 0.25) is 0 Å². The van der Waals surface area contributed by atoms with Crippen LogP contribution in [-0.4, -0.2) is 9.97 Å². The molecule has 0 atom stereocenters. The lowest BCUT2D eigenvalue weighted by atomic mass is 10.4. The minimum Gasteiger partial charge on any atom is -0.355 e. The van der Waals surface area contributed by atoms with Gasteiger partial charge in [-0.15, -0.1) is 22.7 Å². The molecular weight excluding hydrogens is 238 g/mol. The van der Waals surface area contributed by atoms with Gasteiger partial charge in [0.2, 0.25) is 0 Å². The highest BCUT2D eigenvalue weighted by molar-refractivity contribution is 7.15. The lowest BCUT2D eigenvalue weighted by Crippen LogP contribution is -1.97. The quantitative estimate of drug-likeness (QED) is 0.907. The summed E-state index contributed by atoms with van der Waals surface area (Å²) in [5.74, 6) is 0. The van der Waals surface area contributed by atoms with Crippen LogP contribution in [0.1, 0.15) is 27.4 Å². The fourth-order valence-corrected chi connectivity index (χ4v) is 2.91. The lowest BCUT2D eigenvalue weighted by Gasteiger charge is -1.97. The molecule has 5 heteroatoms. The maximum atomic E-state index is 4.44. The minimum absolute atomic E-state index is 0.775. The molecule has 3 nitrogen and oxygen atoms in total. The van der Waals surface area contributed by atoms with Crippen LogP contribution in [0.25, 0.3) is 0 Å². The number of aryl methyl sites for hydroxylation is 3. The third-order valence-electron chi connectivity index (χ3n) is 2.37. The van der Waals surface area contributed by atoms with Gasteiger partial charge in [-0.2, -0.15) is 0 Å². The van der Waals surface area contributed by atoms with Crippen LogP contribution in [0.15, 0.2) is 6.20 Å². The van der Waals surface area contributed by atoms with Crippen LogP contribution in [-0.2, 0) is 13.0 Å². The Hall–Kier alpha value is -0.940. The van der Waals surface area contributed by atoms with E-state index in [1.165, 1.54) is 9.75 Å². The van der Waals surface area contributed by atoms with Crippen molar-refractivity contribution in [3.63, 3.8) is 0 Å². The van der Waals surface area contributed by atoms with Crippen molar-refractivity contribution in [2.24, 2.45) is 0 Å². The molecule has 2 rings (SSSR count). The number of nitrogens with zero attached hydrogens (tertiary/aromatic N) is 2. The van der Waals surface area contributed by atoms with Crippen molar-refractivity contribution >= 4 is 27.8 Å². The number of rotatable bonds is 4. The summed E-state index contributed by atoms with van der Waals surface area (Å²) in [4.78, 5) is 11.4. The second kappa shape index (κ2) is 4.93. The van der Waals surface area contributed by atoms with E-state index >= 15 is 0 Å². The van der Waals surface area contributed by atoms with Crippen LogP contribution in [0.3, 0.4) is 0 Å². The Balaban J connectivity index is 1.96. The number of thiazole rings is 2. The van der Waals surface area contributed by atoms with Crippen LogP contribution < -0.4 is 5.32 Å². The smallest absolute Gasteiger partial charge is 0.183 e. The Morgan fingerprint density at radius 3 is 2.69 bits per heavy atom. The van der Waals surface area contributed by atoms with Gasteiger partial charge in [-0.3, -0.25) is 0 Å². The summed E-state index contributed by atoms with van der Waals surface area (Å²) in [6.07, 6.45) is 3.02.